The van der Waals surface area contributed by atoms with Crippen LogP contribution in [-0.2, 0) is 0 Å². The number of hydrogen-bond donors (Lipinski definition) is 0. The first-order valence-corrected chi connectivity index (χ1v) is 3.21. The molecular weight excluding hydrogens is 84.1 g/mol. The van der Waals surface area contributed by atoms with Crippen LogP contribution in [0.2, 0.25) is 0 Å². The van der Waals surface area contributed by atoms with E-state index >= 15 is 0 Å². The summed E-state index contributed by atoms with van der Waals surface area (Å²) in [5.41, 5.74) is 0. The zero-order chi connectivity index (χ0) is 4.85. The van der Waals surface area contributed by atoms with Gasteiger partial charge >= 0.3 is 0 Å². The van der Waals surface area contributed by atoms with E-state index < -0.39 is 0 Å². The molecule has 0 spiro atoms. The summed E-state index contributed by atoms with van der Waals surface area (Å²) in [6, 6.07) is 0. The molecule has 2 atom stereocenters. The number of rotatable bonds is 1. The van der Waals surface area contributed by atoms with E-state index in [9.17, 15) is 0 Å². The Morgan fingerprint density at radius 1 is 1.29 bits per heavy atom. The minimum atomic E-state index is 0.854. The molecule has 2 saturated carbocycles. The lowest BCUT2D eigenvalue weighted by molar-refractivity contribution is 0.680. The van der Waals surface area contributed by atoms with Crippen molar-refractivity contribution >= 4 is 0 Å². The van der Waals surface area contributed by atoms with E-state index in [0.29, 0.717) is 0 Å². The lowest BCUT2D eigenvalue weighted by atomic mass is 10.2. The highest BCUT2D eigenvalue weighted by atomic mass is 14.5. The average molecular weight is 95.2 g/mol. The fourth-order valence-electron chi connectivity index (χ4n) is 1.37. The topological polar surface area (TPSA) is 0 Å². The number of hydrogen-bond acceptors (Lipinski definition) is 0. The molecule has 0 amide bonds. The van der Waals surface area contributed by atoms with Crippen molar-refractivity contribution in [2.75, 3.05) is 0 Å². The molecule has 39 valence electrons. The molecule has 2 aliphatic carbocycles. The van der Waals surface area contributed by atoms with Crippen LogP contribution >= 0.6 is 0 Å². The van der Waals surface area contributed by atoms with Crippen molar-refractivity contribution in [3.63, 3.8) is 0 Å². The predicted molar refractivity (Wildman–Crippen MR) is 29.7 cm³/mol. The van der Waals surface area contributed by atoms with Gasteiger partial charge in [0, 0.05) is 0 Å². The Kier molecular flexibility index (Phi) is 0.586. The fourth-order valence-corrected chi connectivity index (χ4v) is 1.37. The van der Waals surface area contributed by atoms with Crippen LogP contribution < -0.4 is 0 Å². The Labute approximate surface area is 44.9 Å². The summed E-state index contributed by atoms with van der Waals surface area (Å²) in [5, 5.41) is 0. The van der Waals surface area contributed by atoms with E-state index in [1.165, 1.54) is 19.3 Å². The molecule has 0 nitrogen and oxygen atoms in total. The van der Waals surface area contributed by atoms with Crippen LogP contribution in [0, 0.1) is 24.7 Å². The van der Waals surface area contributed by atoms with Crippen LogP contribution in [0.3, 0.4) is 0 Å². The van der Waals surface area contributed by atoms with Crippen molar-refractivity contribution in [2.45, 2.75) is 19.3 Å². The Bertz CT molecular complexity index is 82.0. The van der Waals surface area contributed by atoms with Crippen LogP contribution in [0.5, 0.6) is 0 Å². The molecule has 0 aliphatic heterocycles. The zero-order valence-corrected chi connectivity index (χ0v) is 4.56. The first-order valence-electron chi connectivity index (χ1n) is 3.21. The van der Waals surface area contributed by atoms with Crippen LogP contribution in [0.15, 0.2) is 0 Å². The summed E-state index contributed by atoms with van der Waals surface area (Å²) in [6.45, 7) is 3.99. The third kappa shape index (κ3) is 0.568. The van der Waals surface area contributed by atoms with Crippen molar-refractivity contribution in [1.29, 1.82) is 0 Å². The van der Waals surface area contributed by atoms with Gasteiger partial charge in [-0.05, 0) is 43.9 Å². The molecule has 0 N–H and O–H groups in total. The average Bonchev–Trinajstić information content (AvgIpc) is 2.23. The lowest BCUT2D eigenvalue weighted by Crippen LogP contribution is -1.77. The van der Waals surface area contributed by atoms with Crippen molar-refractivity contribution < 1.29 is 0 Å². The highest BCUT2D eigenvalue weighted by molar-refractivity contribution is 4.97. The maximum atomic E-state index is 3.99. The Hall–Kier alpha value is 0. The van der Waals surface area contributed by atoms with Crippen LogP contribution in [0.4, 0.5) is 0 Å². The standard InChI is InChI=1S/C7H11/c1-5-4-7(5)6-2-3-6/h5-7H,1-4H2. The zero-order valence-electron chi connectivity index (χ0n) is 4.56. The molecule has 0 aromatic heterocycles. The second-order valence-corrected chi connectivity index (χ2v) is 3.00. The summed E-state index contributed by atoms with van der Waals surface area (Å²) < 4.78 is 0. The van der Waals surface area contributed by atoms with Crippen molar-refractivity contribution in [3.05, 3.63) is 6.92 Å². The fraction of sp³-hybridized carbons (Fsp3) is 0.857. The van der Waals surface area contributed by atoms with Gasteiger partial charge in [-0.25, -0.2) is 0 Å². The first kappa shape index (κ1) is 3.94. The van der Waals surface area contributed by atoms with Gasteiger partial charge in [-0.3, -0.25) is 0 Å². The van der Waals surface area contributed by atoms with Gasteiger partial charge in [-0.1, -0.05) is 0 Å². The molecule has 0 bridgehead atoms. The molecule has 2 unspecified atom stereocenters. The first-order chi connectivity index (χ1) is 3.38. The summed E-state index contributed by atoms with van der Waals surface area (Å²) in [7, 11) is 0. The molecule has 1 radical (unpaired) electrons. The molecule has 2 rings (SSSR count). The largest absolute Gasteiger partial charge is 0.0499 e. The van der Waals surface area contributed by atoms with Gasteiger partial charge in [0.25, 0.3) is 0 Å². The van der Waals surface area contributed by atoms with E-state index in [4.69, 9.17) is 0 Å². The summed E-state index contributed by atoms with van der Waals surface area (Å²) in [4.78, 5) is 0. The van der Waals surface area contributed by atoms with E-state index in [1.807, 2.05) is 0 Å². The molecule has 0 aromatic carbocycles. The summed E-state index contributed by atoms with van der Waals surface area (Å²) in [5.74, 6) is 3.05. The maximum Gasteiger partial charge on any atom is -0.0355 e. The third-order valence-electron chi connectivity index (χ3n) is 2.20. The van der Waals surface area contributed by atoms with Gasteiger partial charge in [0.05, 0.1) is 0 Å². The Balaban J connectivity index is 1.88. The van der Waals surface area contributed by atoms with Crippen LogP contribution in [0.1, 0.15) is 19.3 Å². The van der Waals surface area contributed by atoms with Gasteiger partial charge in [-0.15, -0.1) is 0 Å². The minimum Gasteiger partial charge on any atom is -0.0499 e. The van der Waals surface area contributed by atoms with Gasteiger partial charge in [0.15, 0.2) is 0 Å². The predicted octanol–water partition coefficient (Wildman–Crippen LogP) is 1.87. The maximum absolute atomic E-state index is 3.99. The van der Waals surface area contributed by atoms with Crippen molar-refractivity contribution in [2.24, 2.45) is 17.8 Å². The second-order valence-electron chi connectivity index (χ2n) is 3.00. The molecule has 0 aromatic rings. The monoisotopic (exact) mass is 95.1 g/mol. The normalized spacial score (nSPS) is 49.3. The van der Waals surface area contributed by atoms with E-state index in [0.717, 1.165) is 17.8 Å². The molecule has 2 fully saturated rings. The Morgan fingerprint density at radius 2 is 1.86 bits per heavy atom. The van der Waals surface area contributed by atoms with Crippen LogP contribution in [-0.4, -0.2) is 0 Å². The quantitative estimate of drug-likeness (QED) is 0.466. The lowest BCUT2D eigenvalue weighted by Gasteiger charge is -1.82. The van der Waals surface area contributed by atoms with E-state index in [-0.39, 0.29) is 0 Å². The van der Waals surface area contributed by atoms with E-state index in [1.54, 1.807) is 0 Å². The Morgan fingerprint density at radius 3 is 2.00 bits per heavy atom. The van der Waals surface area contributed by atoms with E-state index in [2.05, 4.69) is 6.92 Å². The minimum absolute atomic E-state index is 0.854. The van der Waals surface area contributed by atoms with Crippen LogP contribution in [0.25, 0.3) is 0 Å². The smallest absolute Gasteiger partial charge is 0.0355 e. The van der Waals surface area contributed by atoms with Crippen molar-refractivity contribution in [3.8, 4) is 0 Å². The van der Waals surface area contributed by atoms with Gasteiger partial charge in [0.1, 0.15) is 0 Å². The highest BCUT2D eigenvalue weighted by Crippen LogP contribution is 2.53. The SMILES string of the molecule is [CH2]C1CC1C1CC1. The van der Waals surface area contributed by atoms with Gasteiger partial charge in [-0.2, -0.15) is 0 Å². The molecule has 2 aliphatic rings. The molecule has 7 heavy (non-hydrogen) atoms. The molecule has 0 heteroatoms. The summed E-state index contributed by atoms with van der Waals surface area (Å²) in [6.07, 6.45) is 4.46. The summed E-state index contributed by atoms with van der Waals surface area (Å²) >= 11 is 0. The van der Waals surface area contributed by atoms with Crippen molar-refractivity contribution in [1.82, 2.24) is 0 Å². The molecule has 0 heterocycles. The third-order valence-corrected chi connectivity index (χ3v) is 2.20. The van der Waals surface area contributed by atoms with Gasteiger partial charge < -0.3 is 0 Å². The van der Waals surface area contributed by atoms with Gasteiger partial charge in [0.2, 0.25) is 0 Å². The second kappa shape index (κ2) is 1.04. The highest BCUT2D eigenvalue weighted by Gasteiger charge is 2.44. The molecular formula is C7H11. The molecule has 0 saturated heterocycles.